The Hall–Kier alpha value is -3.73. The van der Waals surface area contributed by atoms with E-state index < -0.39 is 5.91 Å². The monoisotopic (exact) mass is 598 g/mol. The smallest absolute Gasteiger partial charge is 0.271 e. The van der Waals surface area contributed by atoms with Crippen molar-refractivity contribution in [2.24, 2.45) is 5.73 Å². The van der Waals surface area contributed by atoms with Gasteiger partial charge in [0.15, 0.2) is 17.3 Å². The molecule has 4 N–H and O–H groups in total. The third kappa shape index (κ3) is 7.14. The van der Waals surface area contributed by atoms with Crippen LogP contribution in [0.3, 0.4) is 0 Å². The van der Waals surface area contributed by atoms with E-state index in [1.165, 1.54) is 44.7 Å². The maximum atomic E-state index is 12.6. The van der Waals surface area contributed by atoms with Crippen molar-refractivity contribution < 1.29 is 9.53 Å². The lowest BCUT2D eigenvalue weighted by molar-refractivity contribution is 0.0681. The number of carbonyl (C=O) groups excluding carboxylic acids is 1. The molecular formula is C34H46N8O2. The fourth-order valence-corrected chi connectivity index (χ4v) is 6.80. The van der Waals surface area contributed by atoms with Crippen LogP contribution in [0.15, 0.2) is 54.6 Å². The van der Waals surface area contributed by atoms with Crippen LogP contribution in [0.25, 0.3) is 11.3 Å². The van der Waals surface area contributed by atoms with Gasteiger partial charge >= 0.3 is 0 Å². The second kappa shape index (κ2) is 13.9. The summed E-state index contributed by atoms with van der Waals surface area (Å²) in [7, 11) is 3.99. The molecule has 1 aliphatic carbocycles. The van der Waals surface area contributed by atoms with Crippen LogP contribution in [0.2, 0.25) is 0 Å². The van der Waals surface area contributed by atoms with Gasteiger partial charge in [-0.1, -0.05) is 30.3 Å². The van der Waals surface area contributed by atoms with E-state index in [-0.39, 0.29) is 11.7 Å². The zero-order valence-electron chi connectivity index (χ0n) is 26.0. The number of amides is 1. The minimum atomic E-state index is -0.621. The molecule has 0 bridgehead atoms. The zero-order valence-corrected chi connectivity index (χ0v) is 26.0. The number of hydrogen-bond acceptors (Lipinski definition) is 9. The maximum absolute atomic E-state index is 12.6. The van der Waals surface area contributed by atoms with Gasteiger partial charge in [0, 0.05) is 75.4 Å². The summed E-state index contributed by atoms with van der Waals surface area (Å²) in [5.41, 5.74) is 9.50. The Morgan fingerprint density at radius 3 is 2.16 bits per heavy atom. The van der Waals surface area contributed by atoms with Crippen molar-refractivity contribution in [3.05, 3.63) is 60.3 Å². The first-order chi connectivity index (χ1) is 21.5. The molecule has 0 spiro atoms. The van der Waals surface area contributed by atoms with Crippen molar-refractivity contribution in [3.63, 3.8) is 0 Å². The van der Waals surface area contributed by atoms with E-state index in [9.17, 15) is 4.79 Å². The van der Waals surface area contributed by atoms with Crippen LogP contribution in [0, 0.1) is 0 Å². The third-order valence-corrected chi connectivity index (χ3v) is 9.54. The van der Waals surface area contributed by atoms with E-state index in [2.05, 4.69) is 44.5 Å². The summed E-state index contributed by atoms with van der Waals surface area (Å²) in [4.78, 5) is 29.9. The topological polar surface area (TPSA) is 112 Å². The first-order valence-corrected chi connectivity index (χ1v) is 16.1. The molecule has 2 aromatic carbocycles. The summed E-state index contributed by atoms with van der Waals surface area (Å²) in [6, 6.07) is 19.1. The highest BCUT2D eigenvalue weighted by Gasteiger charge is 2.27. The highest BCUT2D eigenvalue weighted by atomic mass is 16.5. The molecule has 3 heterocycles. The van der Waals surface area contributed by atoms with Crippen LogP contribution in [0.1, 0.15) is 49.0 Å². The zero-order chi connectivity index (χ0) is 30.5. The van der Waals surface area contributed by atoms with Gasteiger partial charge in [0.25, 0.3) is 5.91 Å². The van der Waals surface area contributed by atoms with Gasteiger partial charge in [0.2, 0.25) is 0 Å². The average Bonchev–Trinajstić information content (AvgIpc) is 3.06. The van der Waals surface area contributed by atoms with E-state index in [1.807, 2.05) is 42.5 Å². The number of ether oxygens (including phenoxy) is 1. The quantitative estimate of drug-likeness (QED) is 0.326. The Morgan fingerprint density at radius 2 is 1.52 bits per heavy atom. The Bertz CT molecular complexity index is 1380. The van der Waals surface area contributed by atoms with Gasteiger partial charge in [-0.2, -0.15) is 0 Å². The molecule has 2 saturated heterocycles. The molecule has 3 aliphatic rings. The normalized spacial score (nSPS) is 22.1. The lowest BCUT2D eigenvalue weighted by atomic mass is 9.93. The number of nitrogens with two attached hydrogens (primary N) is 1. The SMILES string of the molecule is CO[C@H]1CC[C@H](Nc2nc(Nc3ccc(N4CCC(N5CCN(C)CC5)CC4)cc3)c(C(N)=O)nc2-c2ccccc2)CC1. The maximum Gasteiger partial charge on any atom is 0.271 e. The Labute approximate surface area is 261 Å². The summed E-state index contributed by atoms with van der Waals surface area (Å²) in [5.74, 6) is 0.375. The van der Waals surface area contributed by atoms with Gasteiger partial charge in [-0.25, -0.2) is 9.97 Å². The molecule has 0 unspecified atom stereocenters. The van der Waals surface area contributed by atoms with Crippen LogP contribution in [0.5, 0.6) is 0 Å². The van der Waals surface area contributed by atoms with E-state index >= 15 is 0 Å². The first kappa shape index (κ1) is 30.3. The average molecular weight is 599 g/mol. The van der Waals surface area contributed by atoms with Gasteiger partial charge in [0.05, 0.1) is 6.10 Å². The Balaban J connectivity index is 1.18. The van der Waals surface area contributed by atoms with E-state index in [4.69, 9.17) is 20.4 Å². The number of nitrogens with one attached hydrogen (secondary N) is 2. The number of nitrogens with zero attached hydrogens (tertiary/aromatic N) is 5. The van der Waals surface area contributed by atoms with Crippen molar-refractivity contribution in [2.75, 3.05) is 69.0 Å². The fourth-order valence-electron chi connectivity index (χ4n) is 6.80. The van der Waals surface area contributed by atoms with Gasteiger partial charge < -0.3 is 30.9 Å². The summed E-state index contributed by atoms with van der Waals surface area (Å²) < 4.78 is 5.57. The van der Waals surface area contributed by atoms with Gasteiger partial charge in [0.1, 0.15) is 5.69 Å². The number of piperazine rings is 1. The number of piperidine rings is 1. The standard InChI is InChI=1S/C34H46N8O2/c1-40-20-22-42(23-21-40)28-16-18-41(19-17-28)27-12-8-25(9-13-27)37-34-31(32(35)43)38-30(24-6-4-3-5-7-24)33(39-34)36-26-10-14-29(44-2)15-11-26/h3-9,12-13,26,28-29H,10-11,14-23H2,1-2H3,(H2,35,43)(H2,36,37,39)/t26-,29-. The molecular weight excluding hydrogens is 552 g/mol. The number of primary amides is 1. The van der Waals surface area contributed by atoms with Crippen LogP contribution in [-0.2, 0) is 4.74 Å². The molecule has 0 atom stereocenters. The molecule has 6 rings (SSSR count). The number of anilines is 4. The summed E-state index contributed by atoms with van der Waals surface area (Å²) in [6.07, 6.45) is 6.62. The van der Waals surface area contributed by atoms with Gasteiger partial charge in [-0.05, 0) is 69.8 Å². The highest BCUT2D eigenvalue weighted by Crippen LogP contribution is 2.32. The van der Waals surface area contributed by atoms with Crippen molar-refractivity contribution >= 4 is 28.9 Å². The molecule has 2 aliphatic heterocycles. The van der Waals surface area contributed by atoms with Crippen molar-refractivity contribution in [1.29, 1.82) is 0 Å². The number of methoxy groups -OCH3 is 1. The largest absolute Gasteiger partial charge is 0.381 e. The fraction of sp³-hybridized carbons (Fsp3) is 0.500. The number of rotatable bonds is 9. The third-order valence-electron chi connectivity index (χ3n) is 9.54. The lowest BCUT2D eigenvalue weighted by Gasteiger charge is -2.42. The second-order valence-electron chi connectivity index (χ2n) is 12.4. The number of hydrogen-bond donors (Lipinski definition) is 3. The first-order valence-electron chi connectivity index (χ1n) is 16.1. The number of carbonyl (C=O) groups is 1. The van der Waals surface area contributed by atoms with Crippen LogP contribution >= 0.6 is 0 Å². The molecule has 234 valence electrons. The summed E-state index contributed by atoms with van der Waals surface area (Å²) in [5, 5.41) is 6.98. The number of benzene rings is 2. The molecule has 1 aromatic heterocycles. The molecule has 10 nitrogen and oxygen atoms in total. The van der Waals surface area contributed by atoms with Crippen LogP contribution in [0.4, 0.5) is 23.0 Å². The van der Waals surface area contributed by atoms with E-state index in [1.54, 1.807) is 7.11 Å². The minimum absolute atomic E-state index is 0.118. The molecule has 1 saturated carbocycles. The molecule has 10 heteroatoms. The lowest BCUT2D eigenvalue weighted by Crippen LogP contribution is -2.52. The second-order valence-corrected chi connectivity index (χ2v) is 12.4. The molecule has 3 aromatic rings. The molecule has 1 amide bonds. The predicted molar refractivity (Wildman–Crippen MR) is 177 cm³/mol. The molecule has 44 heavy (non-hydrogen) atoms. The van der Waals surface area contributed by atoms with Crippen LogP contribution in [-0.4, -0.2) is 97.3 Å². The Kier molecular flexibility index (Phi) is 9.59. The van der Waals surface area contributed by atoms with Gasteiger partial charge in [-0.3, -0.25) is 9.69 Å². The summed E-state index contributed by atoms with van der Waals surface area (Å²) >= 11 is 0. The van der Waals surface area contributed by atoms with Crippen molar-refractivity contribution in [1.82, 2.24) is 19.8 Å². The van der Waals surface area contributed by atoms with E-state index in [0.717, 1.165) is 50.0 Å². The number of likely N-dealkylation sites (N-methyl/N-ethyl adjacent to an activating group) is 1. The van der Waals surface area contributed by atoms with Crippen LogP contribution < -0.4 is 21.3 Å². The van der Waals surface area contributed by atoms with E-state index in [0.29, 0.717) is 29.5 Å². The molecule has 3 fully saturated rings. The summed E-state index contributed by atoms with van der Waals surface area (Å²) in [6.45, 7) is 6.80. The predicted octanol–water partition coefficient (Wildman–Crippen LogP) is 4.57. The van der Waals surface area contributed by atoms with Crippen molar-refractivity contribution in [2.45, 2.75) is 56.7 Å². The van der Waals surface area contributed by atoms with Crippen molar-refractivity contribution in [3.8, 4) is 11.3 Å². The Morgan fingerprint density at radius 1 is 0.841 bits per heavy atom. The highest BCUT2D eigenvalue weighted by molar-refractivity contribution is 5.97. The minimum Gasteiger partial charge on any atom is -0.381 e. The molecule has 0 radical (unpaired) electrons. The number of aromatic nitrogens is 2. The van der Waals surface area contributed by atoms with Gasteiger partial charge in [-0.15, -0.1) is 0 Å².